The standard InChI is InChI=1S/C43H27N3O/c1-3-11-28(12-4-1)31-17-9-18-33(25-31)42-44-41(30-14-5-2-6-15-30)45-43(46-42)34-21-23-37-38-26-32(22-24-39(38)47-40(37)27-34)36-20-10-16-29-13-7-8-19-35(29)36/h1-27H/i1D,2D,3D,4D,5D,6D,7D,8D,9D,10D,11D,12D,13D,14D,15D,16D,17D,18D,19D,20D,25D. The van der Waals surface area contributed by atoms with Gasteiger partial charge in [-0.2, -0.15) is 0 Å². The molecule has 0 aliphatic rings. The first kappa shape index (κ1) is 13.1. The summed E-state index contributed by atoms with van der Waals surface area (Å²) in [5.74, 6) is -1.39. The quantitative estimate of drug-likeness (QED) is 0.192. The fourth-order valence-corrected chi connectivity index (χ4v) is 5.15. The highest BCUT2D eigenvalue weighted by Crippen LogP contribution is 2.37. The van der Waals surface area contributed by atoms with Gasteiger partial charge in [0.15, 0.2) is 17.5 Å². The summed E-state index contributed by atoms with van der Waals surface area (Å²) < 4.78 is 185. The van der Waals surface area contributed by atoms with Crippen molar-refractivity contribution in [3.63, 3.8) is 0 Å². The van der Waals surface area contributed by atoms with Crippen molar-refractivity contribution < 1.29 is 33.2 Å². The lowest BCUT2D eigenvalue weighted by atomic mass is 9.97. The van der Waals surface area contributed by atoms with E-state index < -0.39 is 161 Å². The monoisotopic (exact) mass is 622 g/mol. The summed E-state index contributed by atoms with van der Waals surface area (Å²) in [6.45, 7) is 0. The Morgan fingerprint density at radius 3 is 1.85 bits per heavy atom. The van der Waals surface area contributed by atoms with E-state index in [-0.39, 0.29) is 38.9 Å². The molecule has 0 saturated heterocycles. The Bertz CT molecular complexity index is 3710. The van der Waals surface area contributed by atoms with E-state index in [0.717, 1.165) is 0 Å². The Hall–Kier alpha value is -6.39. The second-order valence-corrected chi connectivity index (χ2v) is 10.1. The van der Waals surface area contributed by atoms with E-state index in [9.17, 15) is 1.37 Å². The van der Waals surface area contributed by atoms with E-state index >= 15 is 0 Å². The van der Waals surface area contributed by atoms with Gasteiger partial charge in [0.2, 0.25) is 0 Å². The highest BCUT2D eigenvalue weighted by molar-refractivity contribution is 6.08. The molecule has 47 heavy (non-hydrogen) atoms. The van der Waals surface area contributed by atoms with Gasteiger partial charge in [0.05, 0.1) is 28.8 Å². The summed E-state index contributed by atoms with van der Waals surface area (Å²) >= 11 is 0. The fourth-order valence-electron chi connectivity index (χ4n) is 5.15. The van der Waals surface area contributed by atoms with Gasteiger partial charge in [0.25, 0.3) is 0 Å². The van der Waals surface area contributed by atoms with Gasteiger partial charge in [0, 0.05) is 27.5 Å². The van der Waals surface area contributed by atoms with Crippen molar-refractivity contribution in [2.45, 2.75) is 0 Å². The van der Waals surface area contributed by atoms with Gasteiger partial charge in [0.1, 0.15) is 11.2 Å². The van der Waals surface area contributed by atoms with Gasteiger partial charge < -0.3 is 4.42 Å². The summed E-state index contributed by atoms with van der Waals surface area (Å²) in [4.78, 5) is 13.4. The molecule has 7 aromatic carbocycles. The minimum atomic E-state index is -0.840. The number of aromatic nitrogens is 3. The third-order valence-electron chi connectivity index (χ3n) is 7.29. The van der Waals surface area contributed by atoms with Crippen LogP contribution in [0.25, 0.3) is 89.1 Å². The summed E-state index contributed by atoms with van der Waals surface area (Å²) in [6, 6.07) is -5.30. The predicted octanol–water partition coefficient (Wildman–Crippen LogP) is 11.3. The molecule has 9 rings (SSSR count). The van der Waals surface area contributed by atoms with Crippen LogP contribution in [0.15, 0.2) is 168 Å². The van der Waals surface area contributed by atoms with Crippen LogP contribution in [-0.2, 0) is 0 Å². The van der Waals surface area contributed by atoms with Gasteiger partial charge in [-0.3, -0.25) is 0 Å². The van der Waals surface area contributed by atoms with Crippen molar-refractivity contribution in [3.8, 4) is 56.4 Å². The van der Waals surface area contributed by atoms with Crippen LogP contribution in [0.5, 0.6) is 0 Å². The lowest BCUT2D eigenvalue weighted by Crippen LogP contribution is -2.00. The number of fused-ring (bicyclic) bond motifs is 4. The molecule has 0 amide bonds. The van der Waals surface area contributed by atoms with E-state index in [1.165, 1.54) is 18.2 Å². The molecular formula is C43H27N3O. The number of furan rings is 1. The predicted molar refractivity (Wildman–Crippen MR) is 192 cm³/mol. The number of nitrogens with zero attached hydrogens (tertiary/aromatic N) is 3. The molecule has 0 N–H and O–H groups in total. The SMILES string of the molecule is [2H]c1c([2H])c([2H])c(-c2nc(-c3ccc4c(c3)oc3ccc(-c5c([2H])c([2H])c([2H])c6c([2H])c([2H])c([2H])c([2H])c56)cc34)nc(-c3c([2H])c([2H])c([2H])c(-c4c([2H])c([2H])c([2H])c([2H])c4[2H])c3[2H])n2)c([2H])c1[2H]. The van der Waals surface area contributed by atoms with Crippen molar-refractivity contribution in [2.75, 3.05) is 0 Å². The molecule has 220 valence electrons. The van der Waals surface area contributed by atoms with Crippen LogP contribution in [0.4, 0.5) is 0 Å². The molecule has 0 aliphatic heterocycles. The average Bonchev–Trinajstić information content (AvgIpc) is 3.69. The van der Waals surface area contributed by atoms with Crippen molar-refractivity contribution in [3.05, 3.63) is 163 Å². The van der Waals surface area contributed by atoms with Crippen LogP contribution in [0.3, 0.4) is 0 Å². The first-order valence-corrected chi connectivity index (χ1v) is 14.0. The van der Waals surface area contributed by atoms with E-state index in [0.29, 0.717) is 16.4 Å². The second-order valence-electron chi connectivity index (χ2n) is 10.1. The minimum Gasteiger partial charge on any atom is -0.456 e. The van der Waals surface area contributed by atoms with Crippen molar-refractivity contribution >= 4 is 32.7 Å². The van der Waals surface area contributed by atoms with Gasteiger partial charge in [-0.1, -0.05) is 133 Å². The highest BCUT2D eigenvalue weighted by atomic mass is 16.3. The van der Waals surface area contributed by atoms with Crippen LogP contribution in [0.1, 0.15) is 28.8 Å². The first-order chi connectivity index (χ1) is 32.0. The van der Waals surface area contributed by atoms with E-state index in [1.54, 1.807) is 18.2 Å². The lowest BCUT2D eigenvalue weighted by molar-refractivity contribution is 0.669. The summed E-state index contributed by atoms with van der Waals surface area (Å²) in [5.41, 5.74) is -1.41. The third-order valence-corrected chi connectivity index (χ3v) is 7.29. The topological polar surface area (TPSA) is 51.8 Å². The summed E-state index contributed by atoms with van der Waals surface area (Å²) in [6.07, 6.45) is 0. The number of hydrogen-bond acceptors (Lipinski definition) is 4. The number of rotatable bonds is 5. The van der Waals surface area contributed by atoms with Crippen LogP contribution in [0.2, 0.25) is 0 Å². The summed E-state index contributed by atoms with van der Waals surface area (Å²) in [7, 11) is 0. The number of benzene rings is 7. The number of hydrogen-bond donors (Lipinski definition) is 0. The molecule has 2 heterocycles. The van der Waals surface area contributed by atoms with Crippen LogP contribution >= 0.6 is 0 Å². The molecule has 4 heteroatoms. The maximum Gasteiger partial charge on any atom is 0.164 e. The molecule has 0 radical (unpaired) electrons. The molecule has 0 aliphatic carbocycles. The van der Waals surface area contributed by atoms with E-state index in [4.69, 9.17) is 31.8 Å². The molecule has 0 fully saturated rings. The fraction of sp³-hybridized carbons (Fsp3) is 0. The molecule has 0 atom stereocenters. The average molecular weight is 623 g/mol. The van der Waals surface area contributed by atoms with Crippen molar-refractivity contribution in [2.24, 2.45) is 0 Å². The maximum absolute atomic E-state index is 9.29. The minimum absolute atomic E-state index is 0.00898. The molecule has 0 spiro atoms. The van der Waals surface area contributed by atoms with E-state index in [1.807, 2.05) is 0 Å². The molecular weight excluding hydrogens is 574 g/mol. The highest BCUT2D eigenvalue weighted by Gasteiger charge is 2.16. The third kappa shape index (κ3) is 4.93. The van der Waals surface area contributed by atoms with Gasteiger partial charge in [-0.05, 0) is 63.3 Å². The molecule has 0 bridgehead atoms. The second kappa shape index (κ2) is 11.2. The summed E-state index contributed by atoms with van der Waals surface area (Å²) in [5, 5.41) is 0.579. The Labute approximate surface area is 301 Å². The molecule has 2 aromatic heterocycles. The Balaban J connectivity index is 1.29. The van der Waals surface area contributed by atoms with Gasteiger partial charge >= 0.3 is 0 Å². The Morgan fingerprint density at radius 2 is 1.02 bits per heavy atom. The molecule has 4 nitrogen and oxygen atoms in total. The van der Waals surface area contributed by atoms with E-state index in [2.05, 4.69) is 15.0 Å². The van der Waals surface area contributed by atoms with Crippen molar-refractivity contribution in [1.29, 1.82) is 0 Å². The first-order valence-electron chi connectivity index (χ1n) is 24.5. The van der Waals surface area contributed by atoms with Crippen LogP contribution in [-0.4, -0.2) is 15.0 Å². The Kier molecular flexibility index (Phi) is 3.13. The largest absolute Gasteiger partial charge is 0.456 e. The van der Waals surface area contributed by atoms with Crippen LogP contribution in [0, 0.1) is 0 Å². The van der Waals surface area contributed by atoms with Gasteiger partial charge in [-0.25, -0.2) is 15.0 Å². The molecule has 0 unspecified atom stereocenters. The van der Waals surface area contributed by atoms with Gasteiger partial charge in [-0.15, -0.1) is 0 Å². The van der Waals surface area contributed by atoms with Crippen molar-refractivity contribution in [1.82, 2.24) is 15.0 Å². The zero-order valence-electron chi connectivity index (χ0n) is 44.7. The zero-order chi connectivity index (χ0) is 49.4. The maximum atomic E-state index is 9.29. The lowest BCUT2D eigenvalue weighted by Gasteiger charge is -2.09. The normalized spacial score (nSPS) is 17.7. The van der Waals surface area contributed by atoms with Crippen LogP contribution < -0.4 is 0 Å². The smallest absolute Gasteiger partial charge is 0.164 e. The molecule has 9 aromatic rings. The zero-order valence-corrected chi connectivity index (χ0v) is 23.7. The molecule has 0 saturated carbocycles. The Morgan fingerprint density at radius 1 is 0.404 bits per heavy atom.